The maximum atomic E-state index is 15.0. The van der Waals surface area contributed by atoms with Crippen molar-refractivity contribution in [1.29, 1.82) is 0 Å². The van der Waals surface area contributed by atoms with E-state index in [1.165, 1.54) is 45.0 Å². The molecule has 103 heavy (non-hydrogen) atoms. The van der Waals surface area contributed by atoms with Crippen LogP contribution in [0.3, 0.4) is 0 Å². The summed E-state index contributed by atoms with van der Waals surface area (Å²) < 4.78 is 0. The fourth-order valence-electron chi connectivity index (χ4n) is 11.3. The van der Waals surface area contributed by atoms with E-state index in [1.54, 1.807) is 88.5 Å². The standard InChI is InChI=1S/C69H96N14O20/c1-34(2)26-46(61(94)76-47(27-35(3)4)65(98)82-57(38(7)86)68(101)83-25-13-18-53(83)69(102)103)75-64(97)51(31-54(70)88)80-63(96)50(30-41-32-72-44-17-12-11-16-43(41)44)79-62(95)49(29-40-19-21-42(87)22-20-40)77-59(92)45(23-24-55(89)90)74-58(91)36(5)73-60(93)48(28-39-14-9-8-10-15-39)78-66(99)52(33-84)81-67(100)56(71)37(6)85/h8-12,14-17,19-22,32,34-38,45-53,56-57,72,84-87H,13,18,23-31,33,71H2,1-7H3,(H2,70,88)(H,73,93)(H,74,91)(H,75,97)(H,76,94)(H,77,92)(H,78,99)(H,79,95)(H,80,96)(H,81,100)(H,82,98)(H,89,90)(H,102,103)/t36-,37+,38-,45-,46-,47-,48-,49-,50-,51-,52-,53-,56-,57+/m0/s1. The van der Waals surface area contributed by atoms with Gasteiger partial charge in [0, 0.05) is 49.3 Å². The molecular weight excluding hydrogens is 1340 g/mol. The lowest BCUT2D eigenvalue weighted by Gasteiger charge is -2.31. The van der Waals surface area contributed by atoms with Crippen LogP contribution in [0.2, 0.25) is 0 Å². The number of carboxylic acid groups (broad SMARTS) is 2. The lowest BCUT2D eigenvalue weighted by atomic mass is 9.99. The first-order valence-electron chi connectivity index (χ1n) is 33.7. The summed E-state index contributed by atoms with van der Waals surface area (Å²) in [5, 5.41) is 85.7. The number of aliphatic hydroxyl groups is 3. The van der Waals surface area contributed by atoms with Crippen LogP contribution in [0.15, 0.2) is 85.1 Å². The average molecular weight is 1440 g/mol. The zero-order valence-electron chi connectivity index (χ0n) is 58.3. The van der Waals surface area contributed by atoms with Gasteiger partial charge in [-0.25, -0.2) is 4.79 Å². The van der Waals surface area contributed by atoms with Crippen LogP contribution in [0.5, 0.6) is 5.75 Å². The molecule has 5 rings (SSSR count). The Labute approximate surface area is 593 Å². The molecule has 3 aromatic carbocycles. The van der Waals surface area contributed by atoms with Crippen LogP contribution in [-0.2, 0) is 86.4 Å². The summed E-state index contributed by atoms with van der Waals surface area (Å²) in [5.41, 5.74) is 13.2. The molecule has 34 nitrogen and oxygen atoms in total. The minimum atomic E-state index is -1.88. The highest BCUT2D eigenvalue weighted by molar-refractivity contribution is 6.01. The summed E-state index contributed by atoms with van der Waals surface area (Å²) >= 11 is 0. The fourth-order valence-corrected chi connectivity index (χ4v) is 11.3. The lowest BCUT2D eigenvalue weighted by molar-refractivity contribution is -0.150. The normalized spacial score (nSPS) is 16.6. The molecule has 2 heterocycles. The van der Waals surface area contributed by atoms with Gasteiger partial charge in [-0.3, -0.25) is 62.3 Å². The summed E-state index contributed by atoms with van der Waals surface area (Å²) in [7, 11) is 0. The molecule has 4 aromatic rings. The van der Waals surface area contributed by atoms with Gasteiger partial charge in [-0.05, 0) is 99.6 Å². The van der Waals surface area contributed by atoms with Gasteiger partial charge in [0.2, 0.25) is 70.9 Å². The minimum absolute atomic E-state index is 0.0412. The van der Waals surface area contributed by atoms with Crippen molar-refractivity contribution in [3.05, 3.63) is 102 Å². The molecule has 21 N–H and O–H groups in total. The molecule has 12 amide bonds. The van der Waals surface area contributed by atoms with Crippen LogP contribution in [0.4, 0.5) is 0 Å². The second kappa shape index (κ2) is 39.6. The number of nitrogens with one attached hydrogen (secondary N) is 11. The van der Waals surface area contributed by atoms with Crippen LogP contribution in [-0.4, -0.2) is 221 Å². The van der Waals surface area contributed by atoms with Crippen LogP contribution in [0.25, 0.3) is 10.9 Å². The predicted molar refractivity (Wildman–Crippen MR) is 369 cm³/mol. The highest BCUT2D eigenvalue weighted by Crippen LogP contribution is 2.22. The van der Waals surface area contributed by atoms with Crippen molar-refractivity contribution < 1.29 is 97.8 Å². The first-order chi connectivity index (χ1) is 48.6. The van der Waals surface area contributed by atoms with Crippen molar-refractivity contribution in [3.63, 3.8) is 0 Å². The van der Waals surface area contributed by atoms with E-state index >= 15 is 4.79 Å². The number of phenolic OH excluding ortho intramolecular Hbond substituents is 1. The number of rotatable bonds is 40. The number of aromatic amines is 1. The molecule has 34 heteroatoms. The number of benzene rings is 3. The van der Waals surface area contributed by atoms with E-state index in [2.05, 4.69) is 58.2 Å². The van der Waals surface area contributed by atoms with Gasteiger partial charge in [0.15, 0.2) is 0 Å². The number of para-hydroxylation sites is 1. The fraction of sp³-hybridized carbons (Fsp3) is 0.507. The number of carbonyl (C=O) groups excluding carboxylic acids is 12. The van der Waals surface area contributed by atoms with E-state index in [4.69, 9.17) is 11.5 Å². The molecule has 1 aromatic heterocycles. The molecule has 0 bridgehead atoms. The number of amides is 12. The first kappa shape index (κ1) is 83.1. The molecular formula is C69H96N14O20. The Morgan fingerprint density at radius 3 is 1.50 bits per heavy atom. The number of primary amides is 1. The van der Waals surface area contributed by atoms with Crippen LogP contribution >= 0.6 is 0 Å². The summed E-state index contributed by atoms with van der Waals surface area (Å²) in [6.07, 6.45) is -4.21. The van der Waals surface area contributed by atoms with E-state index < -0.39 is 200 Å². The topological polar surface area (TPSA) is 552 Å². The number of hydrogen-bond acceptors (Lipinski definition) is 19. The van der Waals surface area contributed by atoms with Crippen molar-refractivity contribution in [2.45, 2.75) is 197 Å². The number of nitrogens with two attached hydrogens (primary N) is 2. The number of likely N-dealkylation sites (tertiary alicyclic amines) is 1. The third-order valence-corrected chi connectivity index (χ3v) is 16.9. The zero-order valence-corrected chi connectivity index (χ0v) is 58.3. The number of hydrogen-bond donors (Lipinski definition) is 19. The van der Waals surface area contributed by atoms with Gasteiger partial charge < -0.3 is 105 Å². The number of phenols is 1. The number of aromatic nitrogens is 1. The van der Waals surface area contributed by atoms with E-state index in [-0.39, 0.29) is 56.2 Å². The Kier molecular flexibility index (Phi) is 31.9. The van der Waals surface area contributed by atoms with Gasteiger partial charge in [0.25, 0.3) is 0 Å². The Hall–Kier alpha value is -10.6. The van der Waals surface area contributed by atoms with Gasteiger partial charge in [-0.1, -0.05) is 88.4 Å². The number of carbonyl (C=O) groups is 14. The molecule has 1 saturated heterocycles. The number of aromatic hydroxyl groups is 1. The molecule has 1 fully saturated rings. The molecule has 0 aliphatic carbocycles. The third kappa shape index (κ3) is 25.8. The van der Waals surface area contributed by atoms with Crippen LogP contribution in [0.1, 0.15) is 110 Å². The smallest absolute Gasteiger partial charge is 0.326 e. The van der Waals surface area contributed by atoms with Gasteiger partial charge in [0.1, 0.15) is 78.3 Å². The number of aliphatic carboxylic acids is 2. The quantitative estimate of drug-likeness (QED) is 0.0208. The SMILES string of the molecule is CC(C)C[C@H](NC(=O)[C@H](CC(N)=O)NC(=O)[C@H](Cc1c[nH]c2ccccc12)NC(=O)[C@H](Cc1ccc(O)cc1)NC(=O)[C@H](CCC(=O)O)NC(=O)[C@H](C)NC(=O)[C@H](Cc1ccccc1)NC(=O)[C@H](CO)NC(=O)[C@@H](N)[C@@H](C)O)C(=O)N[C@@H](CC(C)C)C(=O)N[C@@H](C(=O)N1CCC[C@H]1C(=O)O)[C@H](C)O. The van der Waals surface area contributed by atoms with Crippen molar-refractivity contribution in [3.8, 4) is 5.75 Å². The molecule has 1 aliphatic rings. The average Bonchev–Trinajstić information content (AvgIpc) is 1.76. The van der Waals surface area contributed by atoms with Crippen LogP contribution < -0.4 is 64.6 Å². The van der Waals surface area contributed by atoms with E-state index in [0.29, 0.717) is 34.0 Å². The van der Waals surface area contributed by atoms with Gasteiger partial charge in [-0.15, -0.1) is 0 Å². The second-order valence-corrected chi connectivity index (χ2v) is 26.4. The summed E-state index contributed by atoms with van der Waals surface area (Å²) in [6, 6.07) is 1.31. The maximum absolute atomic E-state index is 15.0. The summed E-state index contributed by atoms with van der Waals surface area (Å²) in [6.45, 7) is 9.59. The predicted octanol–water partition coefficient (Wildman–Crippen LogP) is -3.24. The number of aliphatic hydroxyl groups excluding tert-OH is 3. The monoisotopic (exact) mass is 1440 g/mol. The highest BCUT2D eigenvalue weighted by atomic mass is 16.4. The minimum Gasteiger partial charge on any atom is -0.508 e. The van der Waals surface area contributed by atoms with Gasteiger partial charge >= 0.3 is 11.9 Å². The molecule has 1 aliphatic heterocycles. The van der Waals surface area contributed by atoms with E-state index in [0.717, 1.165) is 4.90 Å². The molecule has 562 valence electrons. The van der Waals surface area contributed by atoms with Crippen molar-refractivity contribution >= 4 is 93.7 Å². The van der Waals surface area contributed by atoms with Gasteiger partial charge in [-0.2, -0.15) is 0 Å². The summed E-state index contributed by atoms with van der Waals surface area (Å²) in [5.74, 6) is -16.0. The first-order valence-corrected chi connectivity index (χ1v) is 33.7. The molecule has 14 atom stereocenters. The third-order valence-electron chi connectivity index (χ3n) is 16.9. The Morgan fingerprint density at radius 1 is 0.524 bits per heavy atom. The number of nitrogens with zero attached hydrogens (tertiary/aromatic N) is 1. The molecule has 0 spiro atoms. The maximum Gasteiger partial charge on any atom is 0.326 e. The molecule has 0 radical (unpaired) electrons. The van der Waals surface area contributed by atoms with Crippen molar-refractivity contribution in [2.24, 2.45) is 23.3 Å². The van der Waals surface area contributed by atoms with Gasteiger partial charge in [0.05, 0.1) is 25.2 Å². The van der Waals surface area contributed by atoms with Crippen molar-refractivity contribution in [1.82, 2.24) is 63.1 Å². The second-order valence-electron chi connectivity index (χ2n) is 26.4. The van der Waals surface area contributed by atoms with E-state index in [9.17, 15) is 93.0 Å². The Morgan fingerprint density at radius 2 is 0.981 bits per heavy atom. The highest BCUT2D eigenvalue weighted by Gasteiger charge is 2.42. The lowest BCUT2D eigenvalue weighted by Crippen LogP contribution is -2.62. The van der Waals surface area contributed by atoms with E-state index in [1.807, 2.05) is 0 Å². The summed E-state index contributed by atoms with van der Waals surface area (Å²) in [4.78, 5) is 197. The number of carboxylic acids is 2. The molecule has 0 unspecified atom stereocenters. The number of fused-ring (bicyclic) bond motifs is 1. The largest absolute Gasteiger partial charge is 0.508 e. The number of H-pyrrole nitrogens is 1. The molecule has 0 saturated carbocycles. The van der Waals surface area contributed by atoms with Crippen molar-refractivity contribution in [2.75, 3.05) is 13.2 Å². The van der Waals surface area contributed by atoms with Crippen LogP contribution in [0, 0.1) is 11.8 Å². The Bertz CT molecular complexity index is 3640. The Balaban J connectivity index is 1.43. The zero-order chi connectivity index (χ0) is 76.5.